The van der Waals surface area contributed by atoms with Gasteiger partial charge in [-0.25, -0.2) is 14.8 Å². The predicted molar refractivity (Wildman–Crippen MR) is 179 cm³/mol. The van der Waals surface area contributed by atoms with E-state index in [1.165, 1.54) is 6.20 Å². The van der Waals surface area contributed by atoms with Crippen LogP contribution in [0.15, 0.2) is 73.3 Å². The molecule has 3 N–H and O–H groups in total. The highest BCUT2D eigenvalue weighted by Gasteiger charge is 2.31. The van der Waals surface area contributed by atoms with E-state index in [-0.39, 0.29) is 18.1 Å². The summed E-state index contributed by atoms with van der Waals surface area (Å²) < 4.78 is 3.56. The first-order valence-corrected chi connectivity index (χ1v) is 15.7. The summed E-state index contributed by atoms with van der Waals surface area (Å²) in [6.07, 6.45) is 10.2. The summed E-state index contributed by atoms with van der Waals surface area (Å²) in [6.45, 7) is 2.86. The van der Waals surface area contributed by atoms with Gasteiger partial charge in [0, 0.05) is 61.9 Å². The average molecular weight is 631 g/mol. The molecule has 240 valence electrons. The van der Waals surface area contributed by atoms with Crippen LogP contribution >= 0.6 is 0 Å². The number of aryl methyl sites for hydroxylation is 3. The van der Waals surface area contributed by atoms with Gasteiger partial charge in [0.15, 0.2) is 0 Å². The van der Waals surface area contributed by atoms with E-state index in [1.807, 2.05) is 80.4 Å². The maximum absolute atomic E-state index is 13.7. The van der Waals surface area contributed by atoms with Crippen molar-refractivity contribution < 1.29 is 4.79 Å². The lowest BCUT2D eigenvalue weighted by atomic mass is 9.90. The van der Waals surface area contributed by atoms with E-state index in [9.17, 15) is 10.1 Å². The predicted octanol–water partition coefficient (Wildman–Crippen LogP) is 4.94. The summed E-state index contributed by atoms with van der Waals surface area (Å²) in [5.41, 5.74) is 5.21. The molecule has 0 atom stereocenters. The van der Waals surface area contributed by atoms with Crippen LogP contribution in [0.1, 0.15) is 48.2 Å². The number of anilines is 3. The molecule has 1 aliphatic carbocycles. The quantitative estimate of drug-likeness (QED) is 0.195. The number of nitrogens with one attached hydrogen (secondary N) is 3. The van der Waals surface area contributed by atoms with Gasteiger partial charge in [0.1, 0.15) is 23.3 Å². The fraction of sp³-hybridized carbons (Fsp3) is 0.324. The fourth-order valence-corrected chi connectivity index (χ4v) is 5.81. The molecule has 4 aromatic heterocycles. The smallest absolute Gasteiger partial charge is 0.323 e. The Hall–Kier alpha value is -5.77. The lowest BCUT2D eigenvalue weighted by molar-refractivity contribution is 0.240. The topological polar surface area (TPSA) is 154 Å². The molecule has 4 heterocycles. The molecule has 1 aliphatic rings. The van der Waals surface area contributed by atoms with Gasteiger partial charge < -0.3 is 16.0 Å². The van der Waals surface area contributed by atoms with Gasteiger partial charge in [0.25, 0.3) is 0 Å². The summed E-state index contributed by atoms with van der Waals surface area (Å²) in [5, 5.41) is 28.1. The monoisotopic (exact) mass is 630 g/mol. The highest BCUT2D eigenvalue weighted by Crippen LogP contribution is 2.30. The third-order valence-corrected chi connectivity index (χ3v) is 8.44. The molecule has 0 unspecified atom stereocenters. The molecular weight excluding hydrogens is 592 g/mol. The Morgan fingerprint density at radius 3 is 2.47 bits per heavy atom. The third-order valence-electron chi connectivity index (χ3n) is 8.44. The number of benzene rings is 1. The van der Waals surface area contributed by atoms with Crippen molar-refractivity contribution in [1.82, 2.24) is 39.8 Å². The fourth-order valence-electron chi connectivity index (χ4n) is 5.81. The van der Waals surface area contributed by atoms with Crippen LogP contribution in [0.4, 0.5) is 22.4 Å². The summed E-state index contributed by atoms with van der Waals surface area (Å²) in [5.74, 6) is 1.52. The molecule has 0 bridgehead atoms. The van der Waals surface area contributed by atoms with Gasteiger partial charge in [0.05, 0.1) is 24.6 Å². The normalized spacial score (nSPS) is 15.9. The van der Waals surface area contributed by atoms with Crippen molar-refractivity contribution in [2.75, 3.05) is 15.5 Å². The molecule has 1 fully saturated rings. The van der Waals surface area contributed by atoms with Crippen molar-refractivity contribution in [1.29, 1.82) is 5.26 Å². The van der Waals surface area contributed by atoms with Crippen LogP contribution in [0.5, 0.6) is 0 Å². The van der Waals surface area contributed by atoms with Crippen LogP contribution in [-0.2, 0) is 27.2 Å². The standard InChI is InChI=1S/C34H38N12O/c1-23-15-29(43-45(23)3)21-37-32-26(16-35)19-38-33(42-32)41-28-10-12-30(13-11-28)46(34(47)39-17-24-7-5-4-6-8-24)31-14-9-25(18-36-31)27-20-40-44(2)22-27/h4-9,14-15,18-20,22,28,30H,10-13,17,21H2,1-3H3,(H,39,47)(H2,37,38,41,42). The minimum atomic E-state index is -0.180. The Balaban J connectivity index is 1.13. The Kier molecular flexibility index (Phi) is 9.38. The van der Waals surface area contributed by atoms with E-state index in [0.717, 1.165) is 53.8 Å². The molecule has 2 amide bonds. The van der Waals surface area contributed by atoms with Gasteiger partial charge in [-0.15, -0.1) is 0 Å². The van der Waals surface area contributed by atoms with Crippen molar-refractivity contribution in [3.63, 3.8) is 0 Å². The molecule has 5 aromatic rings. The van der Waals surface area contributed by atoms with Crippen molar-refractivity contribution >= 4 is 23.6 Å². The number of hydrogen-bond donors (Lipinski definition) is 3. The first-order valence-electron chi connectivity index (χ1n) is 15.7. The number of amides is 2. The number of hydrogen-bond acceptors (Lipinski definition) is 9. The van der Waals surface area contributed by atoms with Gasteiger partial charge in [-0.3, -0.25) is 14.3 Å². The Morgan fingerprint density at radius 2 is 1.81 bits per heavy atom. The Bertz CT molecular complexity index is 1830. The van der Waals surface area contributed by atoms with Crippen LogP contribution in [-0.4, -0.2) is 52.6 Å². The SMILES string of the molecule is Cc1cc(CNc2nc(NC3CCC(N(C(=O)NCc4ccccc4)c4ccc(-c5cnn(C)c5)cn4)CC3)ncc2C#N)nn1C. The Morgan fingerprint density at radius 1 is 1.00 bits per heavy atom. The molecule has 0 radical (unpaired) electrons. The minimum Gasteiger partial charge on any atom is -0.363 e. The van der Waals surface area contributed by atoms with Crippen LogP contribution in [0.3, 0.4) is 0 Å². The zero-order chi connectivity index (χ0) is 32.8. The van der Waals surface area contributed by atoms with Gasteiger partial charge in [-0.2, -0.15) is 20.4 Å². The molecule has 6 rings (SSSR count). The van der Waals surface area contributed by atoms with Crippen molar-refractivity contribution in [2.45, 2.75) is 57.8 Å². The number of rotatable bonds is 10. The number of aromatic nitrogens is 7. The van der Waals surface area contributed by atoms with Crippen LogP contribution < -0.4 is 20.9 Å². The van der Waals surface area contributed by atoms with E-state index in [0.29, 0.717) is 36.2 Å². The molecule has 13 nitrogen and oxygen atoms in total. The molecule has 0 spiro atoms. The lowest BCUT2D eigenvalue weighted by Gasteiger charge is -2.36. The number of urea groups is 1. The summed E-state index contributed by atoms with van der Waals surface area (Å²) in [7, 11) is 3.77. The van der Waals surface area contributed by atoms with Crippen LogP contribution in [0.25, 0.3) is 11.1 Å². The average Bonchev–Trinajstić information content (AvgIpc) is 3.68. The molecule has 0 aliphatic heterocycles. The van der Waals surface area contributed by atoms with Crippen molar-refractivity contribution in [3.05, 3.63) is 95.8 Å². The maximum Gasteiger partial charge on any atom is 0.323 e. The zero-order valence-corrected chi connectivity index (χ0v) is 26.8. The molecular formula is C34H38N12O. The van der Waals surface area contributed by atoms with Crippen LogP contribution in [0.2, 0.25) is 0 Å². The van der Waals surface area contributed by atoms with Gasteiger partial charge >= 0.3 is 6.03 Å². The molecule has 1 aromatic carbocycles. The number of carbonyl (C=O) groups is 1. The molecule has 47 heavy (non-hydrogen) atoms. The molecule has 13 heteroatoms. The van der Waals surface area contributed by atoms with E-state index in [4.69, 9.17) is 4.98 Å². The van der Waals surface area contributed by atoms with Gasteiger partial charge in [-0.05, 0) is 56.4 Å². The number of nitriles is 1. The first-order chi connectivity index (χ1) is 22.9. The van der Waals surface area contributed by atoms with E-state index in [2.05, 4.69) is 42.2 Å². The Labute approximate surface area is 273 Å². The summed E-state index contributed by atoms with van der Waals surface area (Å²) >= 11 is 0. The van der Waals surface area contributed by atoms with Gasteiger partial charge in [0.2, 0.25) is 5.95 Å². The third kappa shape index (κ3) is 7.55. The largest absolute Gasteiger partial charge is 0.363 e. The minimum absolute atomic E-state index is 0.0403. The second-order valence-electron chi connectivity index (χ2n) is 11.8. The molecule has 1 saturated carbocycles. The van der Waals surface area contributed by atoms with E-state index >= 15 is 0 Å². The van der Waals surface area contributed by atoms with E-state index < -0.39 is 0 Å². The molecule has 0 saturated heterocycles. The second kappa shape index (κ2) is 14.1. The lowest BCUT2D eigenvalue weighted by Crippen LogP contribution is -2.49. The van der Waals surface area contributed by atoms with Crippen molar-refractivity contribution in [2.24, 2.45) is 14.1 Å². The van der Waals surface area contributed by atoms with Crippen molar-refractivity contribution in [3.8, 4) is 17.2 Å². The highest BCUT2D eigenvalue weighted by atomic mass is 16.2. The highest BCUT2D eigenvalue weighted by molar-refractivity contribution is 5.91. The first kappa shape index (κ1) is 31.2. The zero-order valence-electron chi connectivity index (χ0n) is 26.8. The summed E-state index contributed by atoms with van der Waals surface area (Å²) in [6, 6.07) is 17.8. The number of carbonyl (C=O) groups excluding carboxylic acids is 1. The maximum atomic E-state index is 13.7. The summed E-state index contributed by atoms with van der Waals surface area (Å²) in [4.78, 5) is 29.3. The van der Waals surface area contributed by atoms with E-state index in [1.54, 1.807) is 22.0 Å². The number of nitrogens with zero attached hydrogens (tertiary/aromatic N) is 9. The second-order valence-corrected chi connectivity index (χ2v) is 11.8. The van der Waals surface area contributed by atoms with Crippen LogP contribution in [0, 0.1) is 18.3 Å². The van der Waals surface area contributed by atoms with Gasteiger partial charge in [-0.1, -0.05) is 30.3 Å². The number of pyridine rings is 1.